The van der Waals surface area contributed by atoms with E-state index >= 15 is 0 Å². The Morgan fingerprint density at radius 3 is 2.82 bits per heavy atom. The van der Waals surface area contributed by atoms with E-state index in [1.54, 1.807) is 18.2 Å². The minimum absolute atomic E-state index is 0.0450. The van der Waals surface area contributed by atoms with Crippen molar-refractivity contribution in [3.8, 4) is 17.3 Å². The SMILES string of the molecule is N#CCn1nnc(CO)c1-c1ccccc1F. The summed E-state index contributed by atoms with van der Waals surface area (Å²) in [6, 6.07) is 8.01. The van der Waals surface area contributed by atoms with Gasteiger partial charge in [0.2, 0.25) is 0 Å². The average molecular weight is 232 g/mol. The molecule has 0 amide bonds. The van der Waals surface area contributed by atoms with Gasteiger partial charge < -0.3 is 5.11 Å². The number of rotatable bonds is 3. The zero-order valence-electron chi connectivity index (χ0n) is 8.84. The monoisotopic (exact) mass is 232 g/mol. The van der Waals surface area contributed by atoms with E-state index in [4.69, 9.17) is 10.4 Å². The van der Waals surface area contributed by atoms with Crippen LogP contribution in [0.3, 0.4) is 0 Å². The van der Waals surface area contributed by atoms with E-state index in [0.29, 0.717) is 5.69 Å². The van der Waals surface area contributed by atoms with Gasteiger partial charge >= 0.3 is 0 Å². The summed E-state index contributed by atoms with van der Waals surface area (Å²) in [5.74, 6) is -0.441. The molecule has 0 spiro atoms. The lowest BCUT2D eigenvalue weighted by molar-refractivity contribution is 0.277. The van der Waals surface area contributed by atoms with Crippen LogP contribution in [0.1, 0.15) is 5.69 Å². The molecule has 0 saturated heterocycles. The Labute approximate surface area is 96.7 Å². The smallest absolute Gasteiger partial charge is 0.132 e. The van der Waals surface area contributed by atoms with E-state index in [-0.39, 0.29) is 24.4 Å². The van der Waals surface area contributed by atoms with Crippen molar-refractivity contribution in [3.63, 3.8) is 0 Å². The summed E-state index contributed by atoms with van der Waals surface area (Å²) >= 11 is 0. The summed E-state index contributed by atoms with van der Waals surface area (Å²) < 4.78 is 14.9. The number of benzene rings is 1. The Hall–Kier alpha value is -2.26. The zero-order valence-corrected chi connectivity index (χ0v) is 8.84. The number of aliphatic hydroxyl groups excluding tert-OH is 1. The first-order chi connectivity index (χ1) is 8.27. The topological polar surface area (TPSA) is 74.7 Å². The lowest BCUT2D eigenvalue weighted by Crippen LogP contribution is -2.02. The van der Waals surface area contributed by atoms with Gasteiger partial charge in [0.15, 0.2) is 0 Å². The molecule has 0 bridgehead atoms. The molecule has 1 heterocycles. The lowest BCUT2D eigenvalue weighted by Gasteiger charge is -2.05. The van der Waals surface area contributed by atoms with Crippen molar-refractivity contribution >= 4 is 0 Å². The molecule has 0 aliphatic carbocycles. The first kappa shape index (κ1) is 11.2. The third-order valence-corrected chi connectivity index (χ3v) is 2.30. The van der Waals surface area contributed by atoms with E-state index in [1.165, 1.54) is 10.7 Å². The van der Waals surface area contributed by atoms with Crippen molar-refractivity contribution in [2.45, 2.75) is 13.2 Å². The summed E-state index contributed by atoms with van der Waals surface area (Å²) in [5, 5.41) is 25.2. The van der Waals surface area contributed by atoms with Crippen LogP contribution in [0.25, 0.3) is 11.3 Å². The van der Waals surface area contributed by atoms with E-state index in [0.717, 1.165) is 0 Å². The van der Waals surface area contributed by atoms with E-state index in [1.807, 2.05) is 6.07 Å². The molecule has 1 aromatic heterocycles. The zero-order chi connectivity index (χ0) is 12.3. The van der Waals surface area contributed by atoms with Crippen LogP contribution in [0.15, 0.2) is 24.3 Å². The molecule has 5 nitrogen and oxygen atoms in total. The van der Waals surface area contributed by atoms with Crippen molar-refractivity contribution < 1.29 is 9.50 Å². The van der Waals surface area contributed by atoms with Gasteiger partial charge in [0.1, 0.15) is 18.1 Å². The minimum atomic E-state index is -0.441. The van der Waals surface area contributed by atoms with Gasteiger partial charge in [-0.05, 0) is 12.1 Å². The highest BCUT2D eigenvalue weighted by Gasteiger charge is 2.16. The van der Waals surface area contributed by atoms with Crippen LogP contribution in [0.2, 0.25) is 0 Å². The lowest BCUT2D eigenvalue weighted by atomic mass is 10.1. The van der Waals surface area contributed by atoms with Crippen LogP contribution in [0, 0.1) is 17.1 Å². The molecular formula is C11H9FN4O. The highest BCUT2D eigenvalue weighted by atomic mass is 19.1. The van der Waals surface area contributed by atoms with Crippen LogP contribution in [-0.2, 0) is 13.2 Å². The number of nitriles is 1. The highest BCUT2D eigenvalue weighted by molar-refractivity contribution is 5.62. The van der Waals surface area contributed by atoms with Gasteiger partial charge in [-0.25, -0.2) is 9.07 Å². The van der Waals surface area contributed by atoms with Gasteiger partial charge in [0.05, 0.1) is 18.4 Å². The van der Waals surface area contributed by atoms with Crippen molar-refractivity contribution in [1.29, 1.82) is 5.26 Å². The normalized spacial score (nSPS) is 10.2. The molecule has 1 aromatic carbocycles. The maximum atomic E-state index is 13.7. The number of hydrogen-bond donors (Lipinski definition) is 1. The van der Waals surface area contributed by atoms with Crippen LogP contribution < -0.4 is 0 Å². The van der Waals surface area contributed by atoms with Crippen LogP contribution in [-0.4, -0.2) is 20.1 Å². The van der Waals surface area contributed by atoms with Gasteiger partial charge in [-0.2, -0.15) is 5.26 Å². The fourth-order valence-corrected chi connectivity index (χ4v) is 1.58. The molecule has 0 saturated carbocycles. The van der Waals surface area contributed by atoms with Crippen molar-refractivity contribution in [3.05, 3.63) is 35.8 Å². The van der Waals surface area contributed by atoms with Crippen molar-refractivity contribution in [1.82, 2.24) is 15.0 Å². The minimum Gasteiger partial charge on any atom is -0.390 e. The standard InChI is InChI=1S/C11H9FN4O/c12-9-4-2-1-3-8(9)11-10(7-17)14-15-16(11)6-5-13/h1-4,17H,6-7H2. The Morgan fingerprint density at radius 1 is 1.41 bits per heavy atom. The summed E-state index contributed by atoms with van der Waals surface area (Å²) in [7, 11) is 0. The van der Waals surface area contributed by atoms with Gasteiger partial charge in [0.25, 0.3) is 0 Å². The Morgan fingerprint density at radius 2 is 2.18 bits per heavy atom. The number of aliphatic hydroxyl groups is 1. The number of hydrogen-bond acceptors (Lipinski definition) is 4. The van der Waals surface area contributed by atoms with E-state index in [2.05, 4.69) is 10.3 Å². The summed E-state index contributed by atoms with van der Waals surface area (Å²) in [5.41, 5.74) is 0.870. The Balaban J connectivity index is 2.61. The maximum absolute atomic E-state index is 13.7. The van der Waals surface area contributed by atoms with Crippen molar-refractivity contribution in [2.24, 2.45) is 0 Å². The third kappa shape index (κ3) is 2.00. The third-order valence-electron chi connectivity index (χ3n) is 2.30. The second-order valence-electron chi connectivity index (χ2n) is 3.34. The largest absolute Gasteiger partial charge is 0.390 e. The molecule has 2 aromatic rings. The predicted octanol–water partition coefficient (Wildman–Crippen LogP) is 1.10. The maximum Gasteiger partial charge on any atom is 0.132 e. The quantitative estimate of drug-likeness (QED) is 0.859. The van der Waals surface area contributed by atoms with Crippen molar-refractivity contribution in [2.75, 3.05) is 0 Å². The molecule has 1 N–H and O–H groups in total. The number of halogens is 1. The summed E-state index contributed by atoms with van der Waals surface area (Å²) in [4.78, 5) is 0. The second-order valence-corrected chi connectivity index (χ2v) is 3.34. The Kier molecular flexibility index (Phi) is 3.12. The molecule has 6 heteroatoms. The van der Waals surface area contributed by atoms with Crippen LogP contribution in [0.4, 0.5) is 4.39 Å². The molecule has 0 radical (unpaired) electrons. The van der Waals surface area contributed by atoms with Gasteiger partial charge in [-0.3, -0.25) is 0 Å². The van der Waals surface area contributed by atoms with Gasteiger partial charge in [-0.1, -0.05) is 17.3 Å². The predicted molar refractivity (Wildman–Crippen MR) is 57.0 cm³/mol. The Bertz CT molecular complexity index is 573. The molecule has 0 aliphatic heterocycles. The van der Waals surface area contributed by atoms with Gasteiger partial charge in [-0.15, -0.1) is 5.10 Å². The van der Waals surface area contributed by atoms with Crippen LogP contribution >= 0.6 is 0 Å². The molecule has 0 aliphatic rings. The molecule has 86 valence electrons. The first-order valence-corrected chi connectivity index (χ1v) is 4.93. The summed E-state index contributed by atoms with van der Waals surface area (Å²) in [6.07, 6.45) is 0. The molecule has 0 unspecified atom stereocenters. The van der Waals surface area contributed by atoms with Gasteiger partial charge in [0, 0.05) is 5.56 Å². The number of aromatic nitrogens is 3. The molecule has 17 heavy (non-hydrogen) atoms. The number of nitrogens with zero attached hydrogens (tertiary/aromatic N) is 4. The fourth-order valence-electron chi connectivity index (χ4n) is 1.58. The average Bonchev–Trinajstić information content (AvgIpc) is 2.73. The van der Waals surface area contributed by atoms with E-state index in [9.17, 15) is 4.39 Å². The first-order valence-electron chi connectivity index (χ1n) is 4.93. The van der Waals surface area contributed by atoms with E-state index < -0.39 is 5.82 Å². The molecule has 0 atom stereocenters. The fraction of sp³-hybridized carbons (Fsp3) is 0.182. The van der Waals surface area contributed by atoms with Crippen LogP contribution in [0.5, 0.6) is 0 Å². The molecule has 0 fully saturated rings. The molecule has 2 rings (SSSR count). The second kappa shape index (κ2) is 4.72. The molecular weight excluding hydrogens is 223 g/mol. The summed E-state index contributed by atoms with van der Waals surface area (Å²) in [6.45, 7) is -0.397. The highest BCUT2D eigenvalue weighted by Crippen LogP contribution is 2.24.